The van der Waals surface area contributed by atoms with Crippen LogP contribution in [0.5, 0.6) is 0 Å². The highest BCUT2D eigenvalue weighted by Crippen LogP contribution is 2.28. The number of nitrogens with zero attached hydrogens (tertiary/aromatic N) is 3. The van der Waals surface area contributed by atoms with Crippen molar-refractivity contribution in [1.29, 1.82) is 0 Å². The first-order valence-corrected chi connectivity index (χ1v) is 8.05. The summed E-state index contributed by atoms with van der Waals surface area (Å²) in [6.45, 7) is 4.43. The van der Waals surface area contributed by atoms with Crippen LogP contribution in [0, 0.1) is 6.92 Å². The fourth-order valence-electron chi connectivity index (χ4n) is 3.00. The fourth-order valence-corrected chi connectivity index (χ4v) is 3.27. The predicted octanol–water partition coefficient (Wildman–Crippen LogP) is 2.68. The number of β-amino-alcohol motifs (C(OH)–C–C–N with tert-alkyl or cyclic N) is 1. The first-order chi connectivity index (χ1) is 10.6. The molecule has 1 saturated heterocycles. The van der Waals surface area contributed by atoms with Crippen molar-refractivity contribution in [1.82, 2.24) is 20.1 Å². The van der Waals surface area contributed by atoms with E-state index in [1.165, 1.54) is 0 Å². The van der Waals surface area contributed by atoms with Gasteiger partial charge in [-0.2, -0.15) is 5.10 Å². The van der Waals surface area contributed by atoms with Crippen molar-refractivity contribution < 1.29 is 5.11 Å². The number of H-pyrrole nitrogens is 1. The van der Waals surface area contributed by atoms with Gasteiger partial charge in [0.25, 0.3) is 0 Å². The highest BCUT2D eigenvalue weighted by Gasteiger charge is 2.25. The second kappa shape index (κ2) is 6.77. The van der Waals surface area contributed by atoms with Gasteiger partial charge in [0.2, 0.25) is 0 Å². The van der Waals surface area contributed by atoms with Crippen LogP contribution in [0.25, 0.3) is 0 Å². The topological polar surface area (TPSA) is 65.0 Å². The van der Waals surface area contributed by atoms with Crippen LogP contribution in [0.2, 0.25) is 5.02 Å². The molecule has 6 heteroatoms. The number of hydrogen-bond donors (Lipinski definition) is 2. The van der Waals surface area contributed by atoms with E-state index >= 15 is 0 Å². The summed E-state index contributed by atoms with van der Waals surface area (Å²) in [5.41, 5.74) is 0.802. The molecular weight excluding hydrogens is 300 g/mol. The molecule has 0 amide bonds. The standard InChI is InChI=1S/C16H21ClN4O/c1-11-18-16(20-19-11)12-6-8-21(9-7-12)10-15(22)13-4-2-3-5-14(13)17/h2-5,12,15,22H,6-10H2,1H3,(H,18,19,20). The number of hydrogen-bond acceptors (Lipinski definition) is 4. The van der Waals surface area contributed by atoms with E-state index in [0.717, 1.165) is 43.1 Å². The molecule has 1 aromatic heterocycles. The molecule has 0 spiro atoms. The Morgan fingerprint density at radius 1 is 1.36 bits per heavy atom. The number of aromatic amines is 1. The second-order valence-corrected chi connectivity index (χ2v) is 6.30. The zero-order valence-electron chi connectivity index (χ0n) is 12.7. The molecule has 1 aliphatic rings. The summed E-state index contributed by atoms with van der Waals surface area (Å²) in [6.07, 6.45) is 1.50. The van der Waals surface area contributed by atoms with Crippen LogP contribution in [-0.2, 0) is 0 Å². The number of likely N-dealkylation sites (tertiary alicyclic amines) is 1. The number of benzene rings is 1. The number of aliphatic hydroxyl groups is 1. The monoisotopic (exact) mass is 320 g/mol. The molecule has 1 unspecified atom stereocenters. The lowest BCUT2D eigenvalue weighted by molar-refractivity contribution is 0.0967. The van der Waals surface area contributed by atoms with E-state index in [1.807, 2.05) is 31.2 Å². The summed E-state index contributed by atoms with van der Waals surface area (Å²) < 4.78 is 0. The van der Waals surface area contributed by atoms with Crippen molar-refractivity contribution in [2.75, 3.05) is 19.6 Å². The van der Waals surface area contributed by atoms with Crippen LogP contribution in [0.1, 0.15) is 42.1 Å². The van der Waals surface area contributed by atoms with Crippen molar-refractivity contribution in [2.24, 2.45) is 0 Å². The lowest BCUT2D eigenvalue weighted by Gasteiger charge is -2.32. The number of piperidine rings is 1. The molecule has 0 saturated carbocycles. The molecule has 5 nitrogen and oxygen atoms in total. The fraction of sp³-hybridized carbons (Fsp3) is 0.500. The Morgan fingerprint density at radius 3 is 2.73 bits per heavy atom. The molecule has 22 heavy (non-hydrogen) atoms. The van der Waals surface area contributed by atoms with Crippen LogP contribution >= 0.6 is 11.6 Å². The molecule has 0 bridgehead atoms. The Balaban J connectivity index is 1.55. The van der Waals surface area contributed by atoms with Crippen molar-refractivity contribution in [2.45, 2.75) is 31.8 Å². The molecule has 118 valence electrons. The third-order valence-corrected chi connectivity index (χ3v) is 4.61. The van der Waals surface area contributed by atoms with Gasteiger partial charge in [0.15, 0.2) is 5.82 Å². The van der Waals surface area contributed by atoms with Crippen LogP contribution in [0.15, 0.2) is 24.3 Å². The van der Waals surface area contributed by atoms with Gasteiger partial charge in [-0.15, -0.1) is 0 Å². The second-order valence-electron chi connectivity index (χ2n) is 5.89. The van der Waals surface area contributed by atoms with Crippen LogP contribution in [0.3, 0.4) is 0 Å². The van der Waals surface area contributed by atoms with E-state index in [1.54, 1.807) is 0 Å². The maximum Gasteiger partial charge on any atom is 0.153 e. The molecule has 1 fully saturated rings. The highest BCUT2D eigenvalue weighted by molar-refractivity contribution is 6.31. The predicted molar refractivity (Wildman–Crippen MR) is 85.9 cm³/mol. The van der Waals surface area contributed by atoms with Crippen molar-refractivity contribution >= 4 is 11.6 Å². The first-order valence-electron chi connectivity index (χ1n) is 7.67. The average molecular weight is 321 g/mol. The Labute approximate surface area is 135 Å². The largest absolute Gasteiger partial charge is 0.387 e. The molecule has 1 aromatic carbocycles. The van der Waals surface area contributed by atoms with E-state index in [0.29, 0.717) is 17.5 Å². The van der Waals surface area contributed by atoms with E-state index in [4.69, 9.17) is 11.6 Å². The third kappa shape index (κ3) is 3.48. The van der Waals surface area contributed by atoms with Gasteiger partial charge in [0, 0.05) is 23.0 Å². The van der Waals surface area contributed by atoms with Gasteiger partial charge in [-0.3, -0.25) is 5.10 Å². The Morgan fingerprint density at radius 2 is 2.09 bits per heavy atom. The minimum Gasteiger partial charge on any atom is -0.387 e. The Hall–Kier alpha value is -1.43. The number of aryl methyl sites for hydroxylation is 1. The molecular formula is C16H21ClN4O. The number of aliphatic hydroxyl groups excluding tert-OH is 1. The number of halogens is 1. The maximum absolute atomic E-state index is 10.4. The van der Waals surface area contributed by atoms with E-state index in [2.05, 4.69) is 20.1 Å². The van der Waals surface area contributed by atoms with Gasteiger partial charge in [-0.25, -0.2) is 4.98 Å². The first kappa shape index (κ1) is 15.5. The highest BCUT2D eigenvalue weighted by atomic mass is 35.5. The Kier molecular flexibility index (Phi) is 4.76. The Bertz CT molecular complexity index is 622. The quantitative estimate of drug-likeness (QED) is 0.909. The molecule has 1 atom stereocenters. The van der Waals surface area contributed by atoms with Gasteiger partial charge in [0.05, 0.1) is 6.10 Å². The minimum atomic E-state index is -0.545. The van der Waals surface area contributed by atoms with Gasteiger partial charge in [0.1, 0.15) is 5.82 Å². The van der Waals surface area contributed by atoms with Crippen molar-refractivity contribution in [3.8, 4) is 0 Å². The summed E-state index contributed by atoms with van der Waals surface area (Å²) in [6, 6.07) is 7.49. The summed E-state index contributed by atoms with van der Waals surface area (Å²) in [4.78, 5) is 6.71. The number of nitrogens with one attached hydrogen (secondary N) is 1. The van der Waals surface area contributed by atoms with E-state index in [-0.39, 0.29) is 0 Å². The molecule has 2 aromatic rings. The van der Waals surface area contributed by atoms with Gasteiger partial charge >= 0.3 is 0 Å². The third-order valence-electron chi connectivity index (χ3n) is 4.26. The van der Waals surface area contributed by atoms with Crippen LogP contribution in [-0.4, -0.2) is 44.8 Å². The zero-order chi connectivity index (χ0) is 15.5. The minimum absolute atomic E-state index is 0.415. The number of aromatic nitrogens is 3. The molecule has 3 rings (SSSR count). The molecule has 0 aliphatic carbocycles. The van der Waals surface area contributed by atoms with Gasteiger partial charge in [-0.05, 0) is 38.9 Å². The van der Waals surface area contributed by atoms with Crippen LogP contribution in [0.4, 0.5) is 0 Å². The lowest BCUT2D eigenvalue weighted by Crippen LogP contribution is -2.36. The SMILES string of the molecule is Cc1nc(C2CCN(CC(O)c3ccccc3Cl)CC2)n[nH]1. The van der Waals surface area contributed by atoms with Crippen molar-refractivity contribution in [3.05, 3.63) is 46.5 Å². The van der Waals surface area contributed by atoms with Gasteiger partial charge in [-0.1, -0.05) is 29.8 Å². The molecule has 1 aliphatic heterocycles. The summed E-state index contributed by atoms with van der Waals surface area (Å²) >= 11 is 6.14. The smallest absolute Gasteiger partial charge is 0.153 e. The molecule has 2 heterocycles. The maximum atomic E-state index is 10.4. The van der Waals surface area contributed by atoms with Gasteiger partial charge < -0.3 is 10.0 Å². The normalized spacial score (nSPS) is 18.5. The summed E-state index contributed by atoms with van der Waals surface area (Å²) in [7, 11) is 0. The van der Waals surface area contributed by atoms with E-state index in [9.17, 15) is 5.11 Å². The average Bonchev–Trinajstić information content (AvgIpc) is 2.95. The summed E-state index contributed by atoms with van der Waals surface area (Å²) in [5, 5.41) is 18.2. The molecule has 0 radical (unpaired) electrons. The van der Waals surface area contributed by atoms with E-state index < -0.39 is 6.10 Å². The lowest BCUT2D eigenvalue weighted by atomic mass is 9.95. The molecule has 2 N–H and O–H groups in total. The zero-order valence-corrected chi connectivity index (χ0v) is 13.4. The summed E-state index contributed by atoms with van der Waals surface area (Å²) in [5.74, 6) is 2.20. The van der Waals surface area contributed by atoms with Crippen LogP contribution < -0.4 is 0 Å². The van der Waals surface area contributed by atoms with Crippen molar-refractivity contribution in [3.63, 3.8) is 0 Å². The number of rotatable bonds is 4.